The fraction of sp³-hybridized carbons (Fsp3) is 0.654. The number of pyridine rings is 1. The monoisotopic (exact) mass is 455 g/mol. The minimum absolute atomic E-state index is 0.00458. The Bertz CT molecular complexity index is 1010. The van der Waals surface area contributed by atoms with Crippen LogP contribution in [0, 0.1) is 5.41 Å². The highest BCUT2D eigenvalue weighted by molar-refractivity contribution is 6.74. The van der Waals surface area contributed by atoms with Gasteiger partial charge in [0.2, 0.25) is 0 Å². The second-order valence-electron chi connectivity index (χ2n) is 12.0. The Hall–Kier alpha value is -1.47. The van der Waals surface area contributed by atoms with E-state index >= 15 is 0 Å². The van der Waals surface area contributed by atoms with Gasteiger partial charge in [0.15, 0.2) is 14.1 Å². The van der Waals surface area contributed by atoms with Gasteiger partial charge >= 0.3 is 0 Å². The van der Waals surface area contributed by atoms with Crippen molar-refractivity contribution in [2.45, 2.75) is 102 Å². The first-order chi connectivity index (χ1) is 14.9. The number of rotatable bonds is 4. The third-order valence-electron chi connectivity index (χ3n) is 8.11. The summed E-state index contributed by atoms with van der Waals surface area (Å²) in [6, 6.07) is 10.2. The highest BCUT2D eigenvalue weighted by Crippen LogP contribution is 2.60. The number of benzene rings is 1. The summed E-state index contributed by atoms with van der Waals surface area (Å²) in [5, 5.41) is 1.30. The number of fused-ring (bicyclic) bond motifs is 3. The predicted molar refractivity (Wildman–Crippen MR) is 128 cm³/mol. The molecular weight excluding hydrogens is 418 g/mol. The van der Waals surface area contributed by atoms with Crippen molar-refractivity contribution in [1.29, 1.82) is 0 Å². The fourth-order valence-electron chi connectivity index (χ4n) is 5.47. The molecule has 1 aromatic carbocycles. The van der Waals surface area contributed by atoms with Gasteiger partial charge in [-0.15, -0.1) is 0 Å². The molecule has 1 aromatic heterocycles. The summed E-state index contributed by atoms with van der Waals surface area (Å²) in [6.45, 7) is 15.6. The molecule has 0 amide bonds. The summed E-state index contributed by atoms with van der Waals surface area (Å²) in [7, 11) is -1.91. The van der Waals surface area contributed by atoms with Gasteiger partial charge in [-0.05, 0) is 69.4 Å². The van der Waals surface area contributed by atoms with E-state index in [0.29, 0.717) is 0 Å². The van der Waals surface area contributed by atoms with Crippen LogP contribution in [0.3, 0.4) is 0 Å². The molecule has 174 valence electrons. The molecule has 3 atom stereocenters. The van der Waals surface area contributed by atoms with E-state index in [2.05, 4.69) is 51.0 Å². The maximum Gasteiger partial charge on any atom is 0.192 e. The minimum Gasteiger partial charge on any atom is -0.490 e. The minimum atomic E-state index is -1.91. The lowest BCUT2D eigenvalue weighted by Crippen LogP contribution is -2.50. The van der Waals surface area contributed by atoms with Crippen LogP contribution in [0.25, 0.3) is 10.9 Å². The molecule has 5 nitrogen and oxygen atoms in total. The Morgan fingerprint density at radius 1 is 1.06 bits per heavy atom. The van der Waals surface area contributed by atoms with Gasteiger partial charge in [0.1, 0.15) is 11.9 Å². The molecule has 32 heavy (non-hydrogen) atoms. The van der Waals surface area contributed by atoms with Gasteiger partial charge < -0.3 is 18.6 Å². The van der Waals surface area contributed by atoms with Crippen molar-refractivity contribution in [3.8, 4) is 5.75 Å². The summed E-state index contributed by atoms with van der Waals surface area (Å²) in [4.78, 5) is 4.46. The van der Waals surface area contributed by atoms with E-state index in [1.807, 2.05) is 38.2 Å². The Labute approximate surface area is 192 Å². The zero-order valence-corrected chi connectivity index (χ0v) is 21.5. The molecule has 5 rings (SSSR count). The second-order valence-corrected chi connectivity index (χ2v) is 16.8. The molecule has 3 aliphatic rings. The molecule has 0 radical (unpaired) electrons. The zero-order valence-electron chi connectivity index (χ0n) is 20.5. The lowest BCUT2D eigenvalue weighted by molar-refractivity contribution is -0.190. The predicted octanol–water partition coefficient (Wildman–Crippen LogP) is 6.08. The molecule has 2 saturated carbocycles. The van der Waals surface area contributed by atoms with Crippen LogP contribution in [0.1, 0.15) is 53.9 Å². The third-order valence-corrected chi connectivity index (χ3v) is 12.6. The van der Waals surface area contributed by atoms with Crippen LogP contribution in [0.15, 0.2) is 36.5 Å². The van der Waals surface area contributed by atoms with Crippen LogP contribution in [-0.2, 0) is 13.9 Å². The quantitative estimate of drug-likeness (QED) is 0.523. The Morgan fingerprint density at radius 3 is 2.53 bits per heavy atom. The Morgan fingerprint density at radius 2 is 1.81 bits per heavy atom. The summed E-state index contributed by atoms with van der Waals surface area (Å²) in [5.41, 5.74) is 1.04. The fourth-order valence-corrected chi connectivity index (χ4v) is 6.80. The van der Waals surface area contributed by atoms with Gasteiger partial charge in [0, 0.05) is 23.1 Å². The van der Waals surface area contributed by atoms with Crippen LogP contribution in [0.4, 0.5) is 0 Å². The van der Waals surface area contributed by atoms with E-state index in [1.54, 1.807) is 0 Å². The number of hydrogen-bond acceptors (Lipinski definition) is 5. The standard InChI is InChI=1S/C26H37NO4Si/c1-24(2,3)32(6,7)31-21-16-26(23-22(21)29-25(4,5)30-23)14-19(15-26)28-18-11-10-17-9-8-12-27-20(17)13-18/h8-13,19,21-23H,14-16H2,1-7H3/t19?,21-,22-,23-,26?/m0/s1. The number of nitrogens with zero attached hydrogens (tertiary/aromatic N) is 1. The summed E-state index contributed by atoms with van der Waals surface area (Å²) >= 11 is 0. The average molecular weight is 456 g/mol. The van der Waals surface area contributed by atoms with Crippen molar-refractivity contribution in [2.75, 3.05) is 0 Å². The summed E-state index contributed by atoms with van der Waals surface area (Å²) < 4.78 is 26.1. The maximum atomic E-state index is 6.89. The van der Waals surface area contributed by atoms with Gasteiger partial charge in [0.25, 0.3) is 0 Å². The van der Waals surface area contributed by atoms with E-state index in [0.717, 1.165) is 35.9 Å². The van der Waals surface area contributed by atoms with E-state index in [9.17, 15) is 0 Å². The van der Waals surface area contributed by atoms with Crippen molar-refractivity contribution in [2.24, 2.45) is 5.41 Å². The smallest absolute Gasteiger partial charge is 0.192 e. The maximum absolute atomic E-state index is 6.89. The summed E-state index contributed by atoms with van der Waals surface area (Å²) in [6.07, 6.45) is 5.13. The van der Waals surface area contributed by atoms with Gasteiger partial charge in [-0.1, -0.05) is 26.8 Å². The number of hydrogen-bond donors (Lipinski definition) is 0. The molecule has 1 aliphatic heterocycles. The normalized spacial score (nSPS) is 34.0. The van der Waals surface area contributed by atoms with Crippen molar-refractivity contribution in [3.05, 3.63) is 36.5 Å². The van der Waals surface area contributed by atoms with E-state index in [-0.39, 0.29) is 34.9 Å². The first-order valence-electron chi connectivity index (χ1n) is 11.9. The van der Waals surface area contributed by atoms with E-state index in [1.165, 1.54) is 0 Å². The molecule has 2 aromatic rings. The third kappa shape index (κ3) is 3.79. The molecule has 2 aliphatic carbocycles. The molecule has 2 heterocycles. The van der Waals surface area contributed by atoms with Crippen molar-refractivity contribution in [1.82, 2.24) is 4.98 Å². The molecule has 0 bridgehead atoms. The van der Waals surface area contributed by atoms with Crippen LogP contribution in [-0.4, -0.2) is 43.5 Å². The van der Waals surface area contributed by atoms with Gasteiger partial charge in [-0.2, -0.15) is 0 Å². The second kappa shape index (κ2) is 7.26. The highest BCUT2D eigenvalue weighted by atomic mass is 28.4. The molecule has 0 N–H and O–H groups in total. The average Bonchev–Trinajstić information content (AvgIpc) is 3.12. The van der Waals surface area contributed by atoms with Crippen molar-refractivity contribution < 1.29 is 18.6 Å². The SMILES string of the molecule is CC1(C)O[C@H]2[C@@H](O[Si](C)(C)C(C)(C)C)CC3(CC(Oc4ccc5cccnc5c4)C3)[C@H]2O1. The van der Waals surface area contributed by atoms with E-state index < -0.39 is 14.1 Å². The molecule has 0 unspecified atom stereocenters. The topological polar surface area (TPSA) is 49.8 Å². The van der Waals surface area contributed by atoms with E-state index in [4.69, 9.17) is 18.6 Å². The Balaban J connectivity index is 1.31. The first-order valence-corrected chi connectivity index (χ1v) is 14.8. The first kappa shape index (κ1) is 22.3. The molecule has 3 fully saturated rings. The Kier molecular flexibility index (Phi) is 5.07. The highest BCUT2D eigenvalue weighted by Gasteiger charge is 2.67. The lowest BCUT2D eigenvalue weighted by atomic mass is 9.64. The van der Waals surface area contributed by atoms with Crippen molar-refractivity contribution >= 4 is 19.2 Å². The van der Waals surface area contributed by atoms with Crippen LogP contribution >= 0.6 is 0 Å². The van der Waals surface area contributed by atoms with Gasteiger partial charge in [-0.3, -0.25) is 4.98 Å². The number of aromatic nitrogens is 1. The van der Waals surface area contributed by atoms with Crippen LogP contribution < -0.4 is 4.74 Å². The molecule has 1 saturated heterocycles. The van der Waals surface area contributed by atoms with Crippen LogP contribution in [0.5, 0.6) is 5.75 Å². The lowest BCUT2D eigenvalue weighted by Gasteiger charge is -2.48. The zero-order chi connectivity index (χ0) is 22.9. The number of ether oxygens (including phenoxy) is 3. The van der Waals surface area contributed by atoms with Gasteiger partial charge in [0.05, 0.1) is 23.8 Å². The van der Waals surface area contributed by atoms with Crippen LogP contribution in [0.2, 0.25) is 18.1 Å². The van der Waals surface area contributed by atoms with Crippen molar-refractivity contribution in [3.63, 3.8) is 0 Å². The molecule has 6 heteroatoms. The van der Waals surface area contributed by atoms with Gasteiger partial charge in [-0.25, -0.2) is 0 Å². The molecular formula is C26H37NO4Si. The summed E-state index contributed by atoms with van der Waals surface area (Å²) in [5.74, 6) is 0.330. The largest absolute Gasteiger partial charge is 0.490 e. The molecule has 1 spiro atoms.